The number of rotatable bonds is 7. The molecule has 0 spiro atoms. The van der Waals surface area contributed by atoms with Crippen LogP contribution in [0.3, 0.4) is 0 Å². The first kappa shape index (κ1) is 32.4. The number of hydrogen-bond donors (Lipinski definition) is 5. The number of phenolic OH excluding ortho intramolecular Hbond substituents is 5. The minimum absolute atomic E-state index is 0.193. The fourth-order valence-corrected chi connectivity index (χ4v) is 6.69. The van der Waals surface area contributed by atoms with E-state index in [4.69, 9.17) is 0 Å². The third-order valence-corrected chi connectivity index (χ3v) is 9.44. The van der Waals surface area contributed by atoms with Crippen molar-refractivity contribution >= 4 is 27.3 Å². The SMILES string of the molecule is CN(c1cccc(-c2ccccc2-c2c(O)c(O)c(O)c(O)c2O)c1)c1ccccc1-c1ccc(-c2ccc(-c3cccc(Br)c3)cc2)cc1. The summed E-state index contributed by atoms with van der Waals surface area (Å²) in [5, 5.41) is 51.8. The molecule has 0 aliphatic heterocycles. The predicted molar refractivity (Wildman–Crippen MR) is 204 cm³/mol. The molecule has 7 heteroatoms. The number of para-hydroxylation sites is 1. The monoisotopic (exact) mass is 721 g/mol. The molecule has 7 rings (SSSR count). The summed E-state index contributed by atoms with van der Waals surface area (Å²) in [4.78, 5) is 2.10. The molecule has 0 heterocycles. The van der Waals surface area contributed by atoms with E-state index in [1.54, 1.807) is 12.1 Å². The van der Waals surface area contributed by atoms with Crippen molar-refractivity contribution in [2.45, 2.75) is 0 Å². The maximum Gasteiger partial charge on any atom is 0.208 e. The summed E-state index contributed by atoms with van der Waals surface area (Å²) in [5.41, 5.74) is 10.1. The lowest BCUT2D eigenvalue weighted by Gasteiger charge is -2.24. The highest BCUT2D eigenvalue weighted by molar-refractivity contribution is 9.10. The number of anilines is 2. The number of hydrogen-bond acceptors (Lipinski definition) is 6. The van der Waals surface area contributed by atoms with Gasteiger partial charge in [-0.25, -0.2) is 0 Å². The van der Waals surface area contributed by atoms with Crippen LogP contribution in [-0.2, 0) is 0 Å². The van der Waals surface area contributed by atoms with Crippen molar-refractivity contribution in [3.63, 3.8) is 0 Å². The molecule has 0 radical (unpaired) electrons. The lowest BCUT2D eigenvalue weighted by atomic mass is 9.92. The summed E-state index contributed by atoms with van der Waals surface area (Å²) < 4.78 is 1.05. The maximum atomic E-state index is 10.7. The van der Waals surface area contributed by atoms with Crippen LogP contribution >= 0.6 is 15.9 Å². The summed E-state index contributed by atoms with van der Waals surface area (Å²) in [6.45, 7) is 0. The second-order valence-corrected chi connectivity index (χ2v) is 12.9. The molecule has 0 fully saturated rings. The largest absolute Gasteiger partial charge is 0.504 e. The van der Waals surface area contributed by atoms with Crippen LogP contribution in [0.4, 0.5) is 11.4 Å². The molecule has 0 atom stereocenters. The van der Waals surface area contributed by atoms with E-state index in [0.29, 0.717) is 11.1 Å². The highest BCUT2D eigenvalue weighted by Crippen LogP contribution is 2.56. The number of phenols is 5. The van der Waals surface area contributed by atoms with Gasteiger partial charge in [0.25, 0.3) is 0 Å². The van der Waals surface area contributed by atoms with Gasteiger partial charge in [-0.15, -0.1) is 0 Å². The van der Waals surface area contributed by atoms with Crippen LogP contribution in [0.5, 0.6) is 28.7 Å². The van der Waals surface area contributed by atoms with E-state index in [1.165, 1.54) is 0 Å². The molecular formula is C43H32BrNO5. The van der Waals surface area contributed by atoms with E-state index < -0.39 is 28.7 Å². The quantitative estimate of drug-likeness (QED) is 0.0829. The first-order chi connectivity index (χ1) is 24.2. The Morgan fingerprint density at radius 3 is 1.50 bits per heavy atom. The normalized spacial score (nSPS) is 11.0. The van der Waals surface area contributed by atoms with Gasteiger partial charge >= 0.3 is 0 Å². The van der Waals surface area contributed by atoms with Gasteiger partial charge in [-0.1, -0.05) is 131 Å². The van der Waals surface area contributed by atoms with E-state index >= 15 is 0 Å². The second-order valence-electron chi connectivity index (χ2n) is 12.0. The first-order valence-corrected chi connectivity index (χ1v) is 16.7. The van der Waals surface area contributed by atoms with Gasteiger partial charge in [-0.3, -0.25) is 0 Å². The Kier molecular flexibility index (Phi) is 8.66. The van der Waals surface area contributed by atoms with Crippen LogP contribution in [0.1, 0.15) is 0 Å². The van der Waals surface area contributed by atoms with Crippen molar-refractivity contribution in [3.05, 3.63) is 150 Å². The molecule has 0 aliphatic rings. The molecule has 0 aromatic heterocycles. The standard InChI is InChI=1S/C43H32BrNO5/c1-45(33-11-7-9-31(25-33)34-12-2-3-14-36(34)38-39(46)41(48)43(50)42(49)40(38)47)37-15-5-4-13-35(37)29-22-20-27(21-23-29)26-16-18-28(19-17-26)30-8-6-10-32(44)24-30/h2-25,46-50H,1H3. The van der Waals surface area contributed by atoms with Crippen molar-refractivity contribution < 1.29 is 25.5 Å². The molecule has 50 heavy (non-hydrogen) atoms. The van der Waals surface area contributed by atoms with Gasteiger partial charge in [-0.05, 0) is 74.8 Å². The second kappa shape index (κ2) is 13.4. The highest BCUT2D eigenvalue weighted by atomic mass is 79.9. The Balaban J connectivity index is 1.19. The third-order valence-electron chi connectivity index (χ3n) is 8.95. The number of aromatic hydroxyl groups is 5. The molecule has 7 aromatic carbocycles. The van der Waals surface area contributed by atoms with Crippen LogP contribution in [0.25, 0.3) is 55.6 Å². The summed E-state index contributed by atoms with van der Waals surface area (Å²) in [7, 11) is 2.00. The van der Waals surface area contributed by atoms with Gasteiger partial charge in [0, 0.05) is 28.5 Å². The minimum Gasteiger partial charge on any atom is -0.504 e. The van der Waals surface area contributed by atoms with Crippen molar-refractivity contribution in [1.82, 2.24) is 0 Å². The Morgan fingerprint density at radius 1 is 0.400 bits per heavy atom. The van der Waals surface area contributed by atoms with Gasteiger partial charge in [-0.2, -0.15) is 0 Å². The van der Waals surface area contributed by atoms with E-state index in [-0.39, 0.29) is 5.56 Å². The van der Waals surface area contributed by atoms with Crippen molar-refractivity contribution in [2.24, 2.45) is 0 Å². The molecule has 6 nitrogen and oxygen atoms in total. The summed E-state index contributed by atoms with van der Waals surface area (Å²) in [6.07, 6.45) is 0. The van der Waals surface area contributed by atoms with Crippen LogP contribution in [-0.4, -0.2) is 32.6 Å². The molecule has 0 unspecified atom stereocenters. The molecule has 5 N–H and O–H groups in total. The fraction of sp³-hybridized carbons (Fsp3) is 0.0233. The van der Waals surface area contributed by atoms with Crippen LogP contribution in [0.15, 0.2) is 150 Å². The number of benzene rings is 7. The average Bonchev–Trinajstić information content (AvgIpc) is 3.16. The van der Waals surface area contributed by atoms with Crippen molar-refractivity contribution in [1.29, 1.82) is 0 Å². The van der Waals surface area contributed by atoms with Gasteiger partial charge in [0.2, 0.25) is 17.2 Å². The fourth-order valence-electron chi connectivity index (χ4n) is 6.29. The lowest BCUT2D eigenvalue weighted by molar-refractivity contribution is 0.330. The minimum atomic E-state index is -0.996. The zero-order valence-corrected chi connectivity index (χ0v) is 28.5. The zero-order valence-electron chi connectivity index (χ0n) is 26.9. The molecule has 0 saturated heterocycles. The topological polar surface area (TPSA) is 104 Å². The Labute approximate surface area is 298 Å². The Hall–Kier alpha value is -6.18. The van der Waals surface area contributed by atoms with Crippen LogP contribution in [0.2, 0.25) is 0 Å². The lowest BCUT2D eigenvalue weighted by Crippen LogP contribution is -2.10. The smallest absolute Gasteiger partial charge is 0.208 e. The summed E-state index contributed by atoms with van der Waals surface area (Å²) in [6, 6.07) is 48.4. The van der Waals surface area contributed by atoms with E-state index in [1.807, 2.05) is 67.7 Å². The molecule has 0 bridgehead atoms. The van der Waals surface area contributed by atoms with E-state index in [2.05, 4.69) is 93.6 Å². The van der Waals surface area contributed by atoms with Gasteiger partial charge in [0.15, 0.2) is 11.5 Å². The van der Waals surface area contributed by atoms with Gasteiger partial charge in [0.05, 0.1) is 5.56 Å². The third kappa shape index (κ3) is 5.99. The van der Waals surface area contributed by atoms with E-state index in [0.717, 1.165) is 54.8 Å². The summed E-state index contributed by atoms with van der Waals surface area (Å²) in [5.74, 6) is -4.31. The van der Waals surface area contributed by atoms with Crippen LogP contribution < -0.4 is 4.90 Å². The summed E-state index contributed by atoms with van der Waals surface area (Å²) >= 11 is 3.56. The molecule has 7 aromatic rings. The predicted octanol–water partition coefficient (Wildman–Crippen LogP) is 11.1. The van der Waals surface area contributed by atoms with E-state index in [9.17, 15) is 25.5 Å². The van der Waals surface area contributed by atoms with Gasteiger partial charge < -0.3 is 30.4 Å². The van der Waals surface area contributed by atoms with Crippen molar-refractivity contribution in [3.8, 4) is 84.4 Å². The highest BCUT2D eigenvalue weighted by Gasteiger charge is 2.26. The average molecular weight is 723 g/mol. The number of nitrogens with zero attached hydrogens (tertiary/aromatic N) is 1. The van der Waals surface area contributed by atoms with Crippen molar-refractivity contribution in [2.75, 3.05) is 11.9 Å². The number of halogens is 1. The Bertz CT molecular complexity index is 2320. The molecule has 0 aliphatic carbocycles. The zero-order chi connectivity index (χ0) is 34.9. The molecule has 246 valence electrons. The maximum absolute atomic E-state index is 10.7. The Morgan fingerprint density at radius 2 is 0.880 bits per heavy atom. The van der Waals surface area contributed by atoms with Gasteiger partial charge in [0.1, 0.15) is 0 Å². The molecular weight excluding hydrogens is 690 g/mol. The first-order valence-electron chi connectivity index (χ1n) is 15.9. The molecule has 0 saturated carbocycles. The molecule has 0 amide bonds. The van der Waals surface area contributed by atoms with Crippen LogP contribution in [0, 0.1) is 0 Å².